The highest BCUT2D eigenvalue weighted by Gasteiger charge is 2.55. The number of rotatable bonds is 2. The van der Waals surface area contributed by atoms with Crippen LogP contribution in [-0.4, -0.2) is 18.2 Å². The quantitative estimate of drug-likeness (QED) is 0.800. The molecule has 0 radical (unpaired) electrons. The van der Waals surface area contributed by atoms with Crippen LogP contribution in [-0.2, 0) is 21.4 Å². The number of benzene rings is 1. The van der Waals surface area contributed by atoms with Gasteiger partial charge in [-0.3, -0.25) is 4.79 Å². The summed E-state index contributed by atoms with van der Waals surface area (Å²) in [6.45, 7) is 8.59. The highest BCUT2D eigenvalue weighted by atomic mass is 16.5. The van der Waals surface area contributed by atoms with E-state index in [1.807, 2.05) is 6.07 Å². The van der Waals surface area contributed by atoms with Gasteiger partial charge >= 0.3 is 5.97 Å². The Morgan fingerprint density at radius 1 is 1.29 bits per heavy atom. The van der Waals surface area contributed by atoms with Crippen LogP contribution in [0.5, 0.6) is 5.75 Å². The Labute approximate surface area is 145 Å². The molecule has 3 rings (SSSR count). The minimum Gasteiger partial charge on any atom is -0.508 e. The zero-order chi connectivity index (χ0) is 17.7. The molecule has 1 saturated carbocycles. The van der Waals surface area contributed by atoms with Crippen molar-refractivity contribution in [2.24, 2.45) is 11.3 Å². The first-order valence-electron chi connectivity index (χ1n) is 9.18. The summed E-state index contributed by atoms with van der Waals surface area (Å²) in [5.41, 5.74) is 3.13. The van der Waals surface area contributed by atoms with Crippen molar-refractivity contribution in [2.45, 2.75) is 71.1 Å². The van der Waals surface area contributed by atoms with Gasteiger partial charge < -0.3 is 9.84 Å². The van der Waals surface area contributed by atoms with Crippen molar-refractivity contribution in [2.75, 3.05) is 7.11 Å². The molecule has 0 amide bonds. The van der Waals surface area contributed by atoms with E-state index >= 15 is 0 Å². The monoisotopic (exact) mass is 330 g/mol. The number of carbonyl (C=O) groups excluding carboxylic acids is 1. The van der Waals surface area contributed by atoms with Crippen LogP contribution in [0.4, 0.5) is 0 Å². The number of phenolic OH excluding ortho intramolecular Hbond substituents is 1. The minimum absolute atomic E-state index is 0.0677. The van der Waals surface area contributed by atoms with Gasteiger partial charge in [-0.1, -0.05) is 33.3 Å². The van der Waals surface area contributed by atoms with Gasteiger partial charge in [0.25, 0.3) is 0 Å². The van der Waals surface area contributed by atoms with E-state index in [9.17, 15) is 9.90 Å². The fourth-order valence-electron chi connectivity index (χ4n) is 5.46. The second kappa shape index (κ2) is 5.79. The van der Waals surface area contributed by atoms with E-state index < -0.39 is 5.41 Å². The van der Waals surface area contributed by atoms with Crippen LogP contribution >= 0.6 is 0 Å². The molecule has 0 heterocycles. The lowest BCUT2D eigenvalue weighted by molar-refractivity contribution is -0.161. The van der Waals surface area contributed by atoms with Crippen LogP contribution in [0.2, 0.25) is 0 Å². The molecule has 24 heavy (non-hydrogen) atoms. The molecule has 2 aliphatic rings. The van der Waals surface area contributed by atoms with Gasteiger partial charge in [-0.25, -0.2) is 0 Å². The van der Waals surface area contributed by atoms with Crippen molar-refractivity contribution in [3.05, 3.63) is 28.8 Å². The van der Waals surface area contributed by atoms with Gasteiger partial charge in [-0.2, -0.15) is 0 Å². The van der Waals surface area contributed by atoms with Crippen molar-refractivity contribution in [3.63, 3.8) is 0 Å². The van der Waals surface area contributed by atoms with Crippen molar-refractivity contribution in [1.82, 2.24) is 0 Å². The summed E-state index contributed by atoms with van der Waals surface area (Å²) in [6, 6.07) is 4.18. The third-order valence-electron chi connectivity index (χ3n) is 6.77. The smallest absolute Gasteiger partial charge is 0.311 e. The lowest BCUT2D eigenvalue weighted by Gasteiger charge is -2.54. The number of phenols is 1. The Hall–Kier alpha value is -1.51. The molecule has 0 aromatic heterocycles. The predicted octanol–water partition coefficient (Wildman–Crippen LogP) is 4.70. The second-order valence-electron chi connectivity index (χ2n) is 8.49. The van der Waals surface area contributed by atoms with Gasteiger partial charge in [0.15, 0.2) is 0 Å². The first-order chi connectivity index (χ1) is 11.2. The summed E-state index contributed by atoms with van der Waals surface area (Å²) >= 11 is 0. The maximum atomic E-state index is 12.5. The molecule has 3 heteroatoms. The molecule has 2 aliphatic carbocycles. The molecule has 0 aliphatic heterocycles. The van der Waals surface area contributed by atoms with Gasteiger partial charge in [-0.05, 0) is 72.6 Å². The average Bonchev–Trinajstić information content (AvgIpc) is 2.53. The molecule has 1 aromatic carbocycles. The molecule has 0 bridgehead atoms. The molecule has 0 saturated heterocycles. The molecule has 3 nitrogen and oxygen atoms in total. The molecule has 1 N–H and O–H groups in total. The minimum atomic E-state index is -0.425. The molecule has 0 spiro atoms. The zero-order valence-electron chi connectivity index (χ0n) is 15.6. The Bertz CT molecular complexity index is 663. The number of carbonyl (C=O) groups is 1. The van der Waals surface area contributed by atoms with Crippen LogP contribution in [0.3, 0.4) is 0 Å². The Morgan fingerprint density at radius 2 is 2.00 bits per heavy atom. The Kier molecular flexibility index (Phi) is 4.17. The fourth-order valence-corrected chi connectivity index (χ4v) is 5.46. The number of aryl methyl sites for hydroxylation is 1. The first-order valence-corrected chi connectivity index (χ1v) is 9.18. The van der Waals surface area contributed by atoms with Gasteiger partial charge in [-0.15, -0.1) is 0 Å². The molecule has 3 atom stereocenters. The molecule has 1 unspecified atom stereocenters. The molecular weight excluding hydrogens is 300 g/mol. The van der Waals surface area contributed by atoms with Gasteiger partial charge in [0.2, 0.25) is 0 Å². The highest BCUT2D eigenvalue weighted by molar-refractivity contribution is 5.77. The van der Waals surface area contributed by atoms with Crippen molar-refractivity contribution in [3.8, 4) is 5.75 Å². The summed E-state index contributed by atoms with van der Waals surface area (Å²) in [6.07, 6.45) is 4.97. The fraction of sp³-hybridized carbons (Fsp3) is 0.667. The second-order valence-corrected chi connectivity index (χ2v) is 8.49. The maximum absolute atomic E-state index is 12.5. The molecular formula is C21H30O3. The van der Waals surface area contributed by atoms with Crippen molar-refractivity contribution in [1.29, 1.82) is 0 Å². The van der Waals surface area contributed by atoms with Crippen LogP contribution in [0.1, 0.15) is 76.0 Å². The normalized spacial score (nSPS) is 32.2. The summed E-state index contributed by atoms with van der Waals surface area (Å²) in [5, 5.41) is 10.5. The lowest BCUT2D eigenvalue weighted by atomic mass is 9.49. The molecule has 1 fully saturated rings. The number of methoxy groups -OCH3 is 1. The Balaban J connectivity index is 2.11. The average molecular weight is 330 g/mol. The van der Waals surface area contributed by atoms with Crippen LogP contribution in [0.25, 0.3) is 0 Å². The number of ether oxygens (including phenoxy) is 1. The van der Waals surface area contributed by atoms with E-state index in [1.165, 1.54) is 18.2 Å². The van der Waals surface area contributed by atoms with Crippen molar-refractivity contribution < 1.29 is 14.6 Å². The van der Waals surface area contributed by atoms with Crippen molar-refractivity contribution >= 4 is 5.97 Å². The number of aromatic hydroxyl groups is 1. The zero-order valence-corrected chi connectivity index (χ0v) is 15.6. The standard InChI is InChI=1S/C21H30O3/c1-13(2)15-11-14-7-8-18-20(3,16(14)12-17(15)22)9-6-10-21(18,4)19(23)24-5/h11-13,18,22H,6-10H2,1-5H3/t18?,20-,21+/m1/s1. The maximum Gasteiger partial charge on any atom is 0.311 e. The van der Waals surface area contributed by atoms with E-state index in [0.29, 0.717) is 11.7 Å². The topological polar surface area (TPSA) is 46.5 Å². The van der Waals surface area contributed by atoms with Gasteiger partial charge in [0, 0.05) is 0 Å². The Morgan fingerprint density at radius 3 is 2.62 bits per heavy atom. The number of hydrogen-bond donors (Lipinski definition) is 1. The highest BCUT2D eigenvalue weighted by Crippen LogP contribution is 2.58. The third kappa shape index (κ3) is 2.35. The van der Waals surface area contributed by atoms with E-state index in [4.69, 9.17) is 4.74 Å². The van der Waals surface area contributed by atoms with Crippen LogP contribution in [0, 0.1) is 11.3 Å². The summed E-state index contributed by atoms with van der Waals surface area (Å²) < 4.78 is 5.16. The SMILES string of the molecule is COC(=O)[C@@]1(C)CCC[C@]2(C)c3cc(O)c(C(C)C)cc3CCC12. The van der Waals surface area contributed by atoms with Crippen LogP contribution < -0.4 is 0 Å². The third-order valence-corrected chi connectivity index (χ3v) is 6.77. The first kappa shape index (κ1) is 17.3. The van der Waals surface area contributed by atoms with E-state index in [1.54, 1.807) is 0 Å². The van der Waals surface area contributed by atoms with Gasteiger partial charge in [0.05, 0.1) is 12.5 Å². The number of esters is 1. The van der Waals surface area contributed by atoms with E-state index in [-0.39, 0.29) is 17.3 Å². The van der Waals surface area contributed by atoms with Gasteiger partial charge in [0.1, 0.15) is 5.75 Å². The summed E-state index contributed by atoms with van der Waals surface area (Å²) in [5.74, 6) is 0.899. The lowest BCUT2D eigenvalue weighted by Crippen LogP contribution is -2.52. The molecule has 1 aromatic rings. The number of hydrogen-bond acceptors (Lipinski definition) is 3. The van der Waals surface area contributed by atoms with E-state index in [0.717, 1.165) is 37.7 Å². The summed E-state index contributed by atoms with van der Waals surface area (Å²) in [4.78, 5) is 12.5. The van der Waals surface area contributed by atoms with Crippen LogP contribution in [0.15, 0.2) is 12.1 Å². The van der Waals surface area contributed by atoms with E-state index in [2.05, 4.69) is 33.8 Å². The predicted molar refractivity (Wildman–Crippen MR) is 95.3 cm³/mol. The number of fused-ring (bicyclic) bond motifs is 3. The molecule has 132 valence electrons. The summed E-state index contributed by atoms with van der Waals surface area (Å²) in [7, 11) is 1.50. The largest absolute Gasteiger partial charge is 0.508 e.